The van der Waals surface area contributed by atoms with E-state index < -0.39 is 18.0 Å². The van der Waals surface area contributed by atoms with Crippen molar-refractivity contribution in [3.63, 3.8) is 0 Å². The van der Waals surface area contributed by atoms with Crippen molar-refractivity contribution in [3.8, 4) is 0 Å². The molecule has 1 aliphatic heterocycles. The first kappa shape index (κ1) is 13.0. The Balaban J connectivity index is 1.85. The minimum Gasteiger partial charge on any atom is -0.477 e. The van der Waals surface area contributed by atoms with Gasteiger partial charge in [-0.05, 0) is 19.1 Å². The summed E-state index contributed by atoms with van der Waals surface area (Å²) in [7, 11) is 0. The van der Waals surface area contributed by atoms with Crippen LogP contribution in [0, 0.1) is 6.92 Å². The molecule has 1 unspecified atom stereocenters. The van der Waals surface area contributed by atoms with E-state index in [0.717, 1.165) is 11.4 Å². The standard InChI is InChI=1S/C12H13N3O4/c1-7-3-2-4-8(14-7)6-13-11(16)10-5-9(12(17)18)15-19-10/h2-4,10H,5-6H2,1H3,(H,13,16)(H,17,18). The number of amides is 1. The molecule has 0 fully saturated rings. The van der Waals surface area contributed by atoms with E-state index in [0.29, 0.717) is 0 Å². The number of hydrogen-bond donors (Lipinski definition) is 2. The van der Waals surface area contributed by atoms with E-state index in [4.69, 9.17) is 9.94 Å². The van der Waals surface area contributed by atoms with Gasteiger partial charge >= 0.3 is 5.97 Å². The first-order chi connectivity index (χ1) is 9.06. The Hall–Kier alpha value is -2.44. The number of aryl methyl sites for hydroxylation is 1. The second-order valence-electron chi connectivity index (χ2n) is 4.13. The van der Waals surface area contributed by atoms with Gasteiger partial charge in [-0.3, -0.25) is 9.78 Å². The highest BCUT2D eigenvalue weighted by molar-refractivity contribution is 6.36. The molecule has 7 heteroatoms. The largest absolute Gasteiger partial charge is 0.477 e. The highest BCUT2D eigenvalue weighted by atomic mass is 16.6. The molecule has 7 nitrogen and oxygen atoms in total. The van der Waals surface area contributed by atoms with Crippen molar-refractivity contribution >= 4 is 17.6 Å². The van der Waals surface area contributed by atoms with E-state index in [1.807, 2.05) is 19.1 Å². The maximum atomic E-state index is 11.7. The van der Waals surface area contributed by atoms with E-state index in [1.165, 1.54) is 0 Å². The van der Waals surface area contributed by atoms with Crippen LogP contribution in [0.3, 0.4) is 0 Å². The van der Waals surface area contributed by atoms with Crippen molar-refractivity contribution in [1.82, 2.24) is 10.3 Å². The van der Waals surface area contributed by atoms with Gasteiger partial charge in [0.25, 0.3) is 5.91 Å². The summed E-state index contributed by atoms with van der Waals surface area (Å²) >= 11 is 0. The molecule has 1 aromatic heterocycles. The molecule has 0 aromatic carbocycles. The number of nitrogens with one attached hydrogen (secondary N) is 1. The highest BCUT2D eigenvalue weighted by Gasteiger charge is 2.31. The lowest BCUT2D eigenvalue weighted by molar-refractivity contribution is -0.131. The second kappa shape index (κ2) is 5.47. The lowest BCUT2D eigenvalue weighted by Crippen LogP contribution is -2.35. The molecule has 1 atom stereocenters. The van der Waals surface area contributed by atoms with Crippen LogP contribution in [0.4, 0.5) is 0 Å². The second-order valence-corrected chi connectivity index (χ2v) is 4.13. The third-order valence-electron chi connectivity index (χ3n) is 2.60. The average molecular weight is 263 g/mol. The van der Waals surface area contributed by atoms with Gasteiger partial charge in [0.05, 0.1) is 12.2 Å². The van der Waals surface area contributed by atoms with Crippen LogP contribution in [0.2, 0.25) is 0 Å². The Kier molecular flexibility index (Phi) is 3.74. The van der Waals surface area contributed by atoms with E-state index in [2.05, 4.69) is 15.5 Å². The minimum absolute atomic E-state index is 0.0254. The number of aromatic nitrogens is 1. The van der Waals surface area contributed by atoms with Gasteiger partial charge in [0.2, 0.25) is 6.10 Å². The number of oxime groups is 1. The summed E-state index contributed by atoms with van der Waals surface area (Å²) < 4.78 is 0. The summed E-state index contributed by atoms with van der Waals surface area (Å²) in [6.45, 7) is 2.13. The number of carbonyl (C=O) groups is 2. The van der Waals surface area contributed by atoms with Crippen LogP contribution < -0.4 is 5.32 Å². The monoisotopic (exact) mass is 263 g/mol. The van der Waals surface area contributed by atoms with E-state index in [-0.39, 0.29) is 18.7 Å². The molecular weight excluding hydrogens is 250 g/mol. The van der Waals surface area contributed by atoms with E-state index in [1.54, 1.807) is 6.07 Å². The SMILES string of the molecule is Cc1cccc(CNC(=O)C2CC(C(=O)O)=NO2)n1. The lowest BCUT2D eigenvalue weighted by atomic mass is 10.1. The Morgan fingerprint density at radius 2 is 2.32 bits per heavy atom. The summed E-state index contributed by atoms with van der Waals surface area (Å²) in [6, 6.07) is 5.50. The third-order valence-corrected chi connectivity index (χ3v) is 2.60. The predicted molar refractivity (Wildman–Crippen MR) is 65.4 cm³/mol. The van der Waals surface area contributed by atoms with Gasteiger partial charge in [-0.25, -0.2) is 4.79 Å². The Labute approximate surface area is 109 Å². The van der Waals surface area contributed by atoms with Crippen molar-refractivity contribution in [3.05, 3.63) is 29.6 Å². The van der Waals surface area contributed by atoms with Crippen molar-refractivity contribution in [1.29, 1.82) is 0 Å². The molecule has 2 rings (SSSR count). The van der Waals surface area contributed by atoms with Crippen LogP contribution in [-0.2, 0) is 21.0 Å². The average Bonchev–Trinajstić information content (AvgIpc) is 2.86. The molecule has 19 heavy (non-hydrogen) atoms. The maximum Gasteiger partial charge on any atom is 0.353 e. The van der Waals surface area contributed by atoms with Gasteiger partial charge in [-0.1, -0.05) is 11.2 Å². The Morgan fingerprint density at radius 1 is 1.53 bits per heavy atom. The molecule has 0 saturated carbocycles. The summed E-state index contributed by atoms with van der Waals surface area (Å²) in [5.41, 5.74) is 1.44. The van der Waals surface area contributed by atoms with Crippen molar-refractivity contribution in [2.45, 2.75) is 26.0 Å². The molecule has 0 bridgehead atoms. The van der Waals surface area contributed by atoms with Crippen LogP contribution in [0.1, 0.15) is 17.8 Å². The molecule has 0 radical (unpaired) electrons. The van der Waals surface area contributed by atoms with Gasteiger partial charge in [0, 0.05) is 12.1 Å². The van der Waals surface area contributed by atoms with Gasteiger partial charge in [0.1, 0.15) is 0 Å². The third kappa shape index (κ3) is 3.27. The Morgan fingerprint density at radius 3 is 2.95 bits per heavy atom. The zero-order valence-electron chi connectivity index (χ0n) is 10.3. The molecule has 0 saturated heterocycles. The van der Waals surface area contributed by atoms with E-state index in [9.17, 15) is 9.59 Å². The van der Waals surface area contributed by atoms with Gasteiger partial charge in [-0.2, -0.15) is 0 Å². The zero-order valence-corrected chi connectivity index (χ0v) is 10.3. The molecule has 2 heterocycles. The summed E-state index contributed by atoms with van der Waals surface area (Å²) in [4.78, 5) is 31.4. The van der Waals surface area contributed by atoms with Crippen LogP contribution in [0.25, 0.3) is 0 Å². The first-order valence-corrected chi connectivity index (χ1v) is 5.72. The van der Waals surface area contributed by atoms with Crippen molar-refractivity contribution in [2.24, 2.45) is 5.16 Å². The number of pyridine rings is 1. The minimum atomic E-state index is -1.17. The number of nitrogens with zero attached hydrogens (tertiary/aromatic N) is 2. The van der Waals surface area contributed by atoms with E-state index >= 15 is 0 Å². The predicted octanol–water partition coefficient (Wildman–Crippen LogP) is 0.236. The highest BCUT2D eigenvalue weighted by Crippen LogP contribution is 2.11. The fraction of sp³-hybridized carbons (Fsp3) is 0.333. The Bertz CT molecular complexity index is 542. The fourth-order valence-corrected chi connectivity index (χ4v) is 1.63. The summed E-state index contributed by atoms with van der Waals surface area (Å²) in [6.07, 6.45) is -0.904. The van der Waals surface area contributed by atoms with Crippen LogP contribution >= 0.6 is 0 Å². The molecule has 1 aromatic rings. The van der Waals surface area contributed by atoms with Crippen molar-refractivity contribution < 1.29 is 19.5 Å². The molecule has 2 N–H and O–H groups in total. The zero-order chi connectivity index (χ0) is 13.8. The number of aliphatic carboxylic acids is 1. The first-order valence-electron chi connectivity index (χ1n) is 5.72. The smallest absolute Gasteiger partial charge is 0.353 e. The number of carboxylic acids is 1. The molecule has 1 aliphatic rings. The molecular formula is C12H13N3O4. The normalized spacial score (nSPS) is 17.5. The molecule has 1 amide bonds. The van der Waals surface area contributed by atoms with Gasteiger partial charge in [-0.15, -0.1) is 0 Å². The van der Waals surface area contributed by atoms with Crippen molar-refractivity contribution in [2.75, 3.05) is 0 Å². The molecule has 0 aliphatic carbocycles. The fourth-order valence-electron chi connectivity index (χ4n) is 1.63. The van der Waals surface area contributed by atoms with Crippen LogP contribution in [0.15, 0.2) is 23.4 Å². The maximum absolute atomic E-state index is 11.7. The molecule has 0 spiro atoms. The van der Waals surface area contributed by atoms with Gasteiger partial charge in [0.15, 0.2) is 5.71 Å². The number of carbonyl (C=O) groups excluding carboxylic acids is 1. The summed E-state index contributed by atoms with van der Waals surface area (Å²) in [5, 5.41) is 14.7. The molecule has 100 valence electrons. The lowest BCUT2D eigenvalue weighted by Gasteiger charge is -2.09. The number of carboxylic acid groups (broad SMARTS) is 1. The quantitative estimate of drug-likeness (QED) is 0.810. The van der Waals surface area contributed by atoms with Crippen LogP contribution in [0.5, 0.6) is 0 Å². The topological polar surface area (TPSA) is 101 Å². The number of rotatable bonds is 4. The van der Waals surface area contributed by atoms with Crippen LogP contribution in [-0.4, -0.2) is 33.8 Å². The van der Waals surface area contributed by atoms with Gasteiger partial charge < -0.3 is 15.3 Å². The summed E-state index contributed by atoms with van der Waals surface area (Å²) in [5.74, 6) is -1.57. The number of hydrogen-bond acceptors (Lipinski definition) is 5.